The number of H-pyrrole nitrogens is 1. The van der Waals surface area contributed by atoms with E-state index in [4.69, 9.17) is 11.6 Å². The number of halogens is 1. The molecule has 1 N–H and O–H groups in total. The van der Waals surface area contributed by atoms with Crippen LogP contribution in [0.15, 0.2) is 58.5 Å². The number of anilines is 1. The normalized spacial score (nSPS) is 15.0. The topological polar surface area (TPSA) is 79.7 Å². The molecule has 0 saturated carbocycles. The number of fused-ring (bicyclic) bond motifs is 1. The average molecular weight is 453 g/mol. The molecule has 0 bridgehead atoms. The minimum atomic E-state index is -0.137. The summed E-state index contributed by atoms with van der Waals surface area (Å²) < 4.78 is 2.04. The van der Waals surface area contributed by atoms with Crippen LogP contribution in [0.25, 0.3) is 16.6 Å². The van der Waals surface area contributed by atoms with E-state index < -0.39 is 0 Å². The van der Waals surface area contributed by atoms with E-state index in [-0.39, 0.29) is 10.8 Å². The van der Waals surface area contributed by atoms with E-state index in [0.29, 0.717) is 21.7 Å². The molecule has 1 unspecified atom stereocenters. The van der Waals surface area contributed by atoms with Crippen LogP contribution >= 0.6 is 23.4 Å². The highest BCUT2D eigenvalue weighted by Gasteiger charge is 2.24. The van der Waals surface area contributed by atoms with E-state index in [2.05, 4.69) is 25.1 Å². The van der Waals surface area contributed by atoms with Gasteiger partial charge in [0.2, 0.25) is 5.95 Å². The van der Waals surface area contributed by atoms with Gasteiger partial charge in [-0.05, 0) is 50.1 Å². The molecular formula is C22H21ClN6OS. The fourth-order valence-corrected chi connectivity index (χ4v) is 4.92. The maximum absolute atomic E-state index is 12.5. The molecule has 5 rings (SSSR count). The third-order valence-electron chi connectivity index (χ3n) is 5.37. The lowest BCUT2D eigenvalue weighted by molar-refractivity contribution is 0.834. The number of thioether (sulfide) groups is 1. The predicted octanol–water partition coefficient (Wildman–Crippen LogP) is 4.61. The lowest BCUT2D eigenvalue weighted by Crippen LogP contribution is -2.22. The molecule has 4 aromatic rings. The molecule has 1 atom stereocenters. The lowest BCUT2D eigenvalue weighted by atomic mass is 10.2. The lowest BCUT2D eigenvalue weighted by Gasteiger charge is -2.19. The quantitative estimate of drug-likeness (QED) is 0.445. The number of hydrogen-bond acceptors (Lipinski definition) is 6. The highest BCUT2D eigenvalue weighted by molar-refractivity contribution is 7.99. The fourth-order valence-electron chi connectivity index (χ4n) is 3.81. The van der Waals surface area contributed by atoms with E-state index in [1.54, 1.807) is 6.07 Å². The van der Waals surface area contributed by atoms with E-state index in [9.17, 15) is 4.79 Å². The van der Waals surface area contributed by atoms with Crippen molar-refractivity contribution in [3.63, 3.8) is 0 Å². The molecule has 2 aromatic heterocycles. The SMILES string of the molecule is CC(Sc1nnc(N2CCCC2)n1-c1cccc(Cl)c1)c1nc2ccccc2c(=O)[nH]1. The highest BCUT2D eigenvalue weighted by Crippen LogP contribution is 2.36. The average Bonchev–Trinajstić information content (AvgIpc) is 3.43. The third-order valence-corrected chi connectivity index (χ3v) is 6.66. The zero-order chi connectivity index (χ0) is 21.4. The largest absolute Gasteiger partial charge is 0.341 e. The monoisotopic (exact) mass is 452 g/mol. The Morgan fingerprint density at radius 1 is 1.10 bits per heavy atom. The first-order valence-electron chi connectivity index (χ1n) is 10.2. The van der Waals surface area contributed by atoms with Gasteiger partial charge in [-0.25, -0.2) is 4.98 Å². The van der Waals surface area contributed by atoms with Crippen LogP contribution in [-0.2, 0) is 0 Å². The van der Waals surface area contributed by atoms with E-state index in [0.717, 1.165) is 42.7 Å². The number of aromatic amines is 1. The summed E-state index contributed by atoms with van der Waals surface area (Å²) in [4.78, 5) is 22.3. The van der Waals surface area contributed by atoms with Crippen molar-refractivity contribution in [1.29, 1.82) is 0 Å². The number of aromatic nitrogens is 5. The van der Waals surface area contributed by atoms with Gasteiger partial charge >= 0.3 is 0 Å². The minimum absolute atomic E-state index is 0.133. The van der Waals surface area contributed by atoms with Gasteiger partial charge in [-0.15, -0.1) is 10.2 Å². The fraction of sp³-hybridized carbons (Fsp3) is 0.273. The number of rotatable bonds is 5. The first kappa shape index (κ1) is 20.1. The molecule has 3 heterocycles. The molecule has 158 valence electrons. The maximum atomic E-state index is 12.5. The Bertz CT molecular complexity index is 1300. The van der Waals surface area contributed by atoms with Gasteiger partial charge in [-0.2, -0.15) is 0 Å². The van der Waals surface area contributed by atoms with Gasteiger partial charge in [0, 0.05) is 18.1 Å². The smallest absolute Gasteiger partial charge is 0.258 e. The minimum Gasteiger partial charge on any atom is -0.341 e. The molecule has 7 nitrogen and oxygen atoms in total. The summed E-state index contributed by atoms with van der Waals surface area (Å²) in [5, 5.41) is 10.8. The number of para-hydroxylation sites is 1. The van der Waals surface area contributed by atoms with Gasteiger partial charge in [0.25, 0.3) is 5.56 Å². The highest BCUT2D eigenvalue weighted by atomic mass is 35.5. The summed E-state index contributed by atoms with van der Waals surface area (Å²) in [5.41, 5.74) is 1.46. The summed E-state index contributed by atoms with van der Waals surface area (Å²) in [5.74, 6) is 1.42. The van der Waals surface area contributed by atoms with E-state index in [1.807, 2.05) is 54.0 Å². The number of nitrogens with zero attached hydrogens (tertiary/aromatic N) is 5. The van der Waals surface area contributed by atoms with Crippen molar-refractivity contribution in [2.45, 2.75) is 30.2 Å². The first-order valence-corrected chi connectivity index (χ1v) is 11.5. The third kappa shape index (κ3) is 3.93. The van der Waals surface area contributed by atoms with Crippen LogP contribution in [0.2, 0.25) is 5.02 Å². The maximum Gasteiger partial charge on any atom is 0.258 e. The van der Waals surface area contributed by atoms with Gasteiger partial charge in [0.15, 0.2) is 5.16 Å². The van der Waals surface area contributed by atoms with Gasteiger partial charge in [-0.3, -0.25) is 9.36 Å². The molecule has 0 amide bonds. The zero-order valence-electron chi connectivity index (χ0n) is 17.0. The second-order valence-electron chi connectivity index (χ2n) is 7.52. The molecule has 1 saturated heterocycles. The number of hydrogen-bond donors (Lipinski definition) is 1. The molecule has 1 fully saturated rings. The standard InChI is InChI=1S/C22H21ClN6OS/c1-14(19-24-18-10-3-2-9-17(18)20(30)25-19)31-22-27-26-21(28-11-4-5-12-28)29(22)16-8-6-7-15(23)13-16/h2-3,6-10,13-14H,4-5,11-12H2,1H3,(H,24,25,30). The van der Waals surface area contributed by atoms with Crippen molar-refractivity contribution in [2.24, 2.45) is 0 Å². The van der Waals surface area contributed by atoms with Crippen molar-refractivity contribution in [3.8, 4) is 5.69 Å². The van der Waals surface area contributed by atoms with Gasteiger partial charge in [0.1, 0.15) is 5.82 Å². The molecule has 1 aliphatic heterocycles. The van der Waals surface area contributed by atoms with Crippen molar-refractivity contribution < 1.29 is 0 Å². The summed E-state index contributed by atoms with van der Waals surface area (Å²) in [7, 11) is 0. The summed E-state index contributed by atoms with van der Waals surface area (Å²) in [6.07, 6.45) is 2.28. The van der Waals surface area contributed by atoms with Crippen LogP contribution in [-0.4, -0.2) is 37.8 Å². The molecule has 0 radical (unpaired) electrons. The Morgan fingerprint density at radius 3 is 2.71 bits per heavy atom. The van der Waals surface area contributed by atoms with Gasteiger partial charge < -0.3 is 9.88 Å². The Kier molecular flexibility index (Phi) is 5.41. The van der Waals surface area contributed by atoms with Crippen LogP contribution in [0, 0.1) is 0 Å². The molecule has 9 heteroatoms. The second kappa shape index (κ2) is 8.36. The first-order chi connectivity index (χ1) is 15.1. The van der Waals surface area contributed by atoms with Crippen LogP contribution in [0.1, 0.15) is 30.8 Å². The van der Waals surface area contributed by atoms with Crippen molar-refractivity contribution >= 4 is 40.2 Å². The molecular weight excluding hydrogens is 432 g/mol. The van der Waals surface area contributed by atoms with Gasteiger partial charge in [-0.1, -0.05) is 41.6 Å². The Hall–Kier alpha value is -2.84. The number of nitrogens with one attached hydrogen (secondary N) is 1. The summed E-state index contributed by atoms with van der Waals surface area (Å²) in [6, 6.07) is 15.0. The molecule has 0 aliphatic carbocycles. The van der Waals surface area contributed by atoms with E-state index >= 15 is 0 Å². The van der Waals surface area contributed by atoms with Crippen molar-refractivity contribution in [3.05, 3.63) is 69.7 Å². The molecule has 2 aromatic carbocycles. The van der Waals surface area contributed by atoms with Crippen LogP contribution < -0.4 is 10.5 Å². The van der Waals surface area contributed by atoms with Crippen LogP contribution in [0.4, 0.5) is 5.95 Å². The van der Waals surface area contributed by atoms with Crippen molar-refractivity contribution in [2.75, 3.05) is 18.0 Å². The van der Waals surface area contributed by atoms with Crippen LogP contribution in [0.3, 0.4) is 0 Å². The van der Waals surface area contributed by atoms with E-state index in [1.165, 1.54) is 11.8 Å². The Balaban J connectivity index is 1.54. The predicted molar refractivity (Wildman–Crippen MR) is 124 cm³/mol. The number of benzene rings is 2. The van der Waals surface area contributed by atoms with Crippen LogP contribution in [0.5, 0.6) is 0 Å². The van der Waals surface area contributed by atoms with Gasteiger partial charge in [0.05, 0.1) is 21.8 Å². The zero-order valence-corrected chi connectivity index (χ0v) is 18.5. The Labute approximate surface area is 188 Å². The Morgan fingerprint density at radius 2 is 1.90 bits per heavy atom. The molecule has 1 aliphatic rings. The van der Waals surface area contributed by atoms with Crippen molar-refractivity contribution in [1.82, 2.24) is 24.7 Å². The second-order valence-corrected chi connectivity index (χ2v) is 9.26. The molecule has 31 heavy (non-hydrogen) atoms. The summed E-state index contributed by atoms with van der Waals surface area (Å²) in [6.45, 7) is 3.92. The molecule has 0 spiro atoms. The summed E-state index contributed by atoms with van der Waals surface area (Å²) >= 11 is 7.78.